The lowest BCUT2D eigenvalue weighted by Crippen LogP contribution is -2.24. The van der Waals surface area contributed by atoms with Gasteiger partial charge in [-0.25, -0.2) is 0 Å². The van der Waals surface area contributed by atoms with Gasteiger partial charge in [-0.2, -0.15) is 5.10 Å². The average molecular weight is 334 g/mol. The molecule has 0 amide bonds. The lowest BCUT2D eigenvalue weighted by molar-refractivity contribution is 0.316. The van der Waals surface area contributed by atoms with Crippen molar-refractivity contribution < 1.29 is 4.74 Å². The number of benzene rings is 1. The van der Waals surface area contributed by atoms with Crippen molar-refractivity contribution in [1.29, 1.82) is 0 Å². The molecule has 3 aromatic rings. The number of likely N-dealkylation sites (tertiary alicyclic amines) is 1. The molecule has 3 heterocycles. The number of aromatic nitrogens is 3. The Morgan fingerprint density at radius 3 is 2.64 bits per heavy atom. The first-order chi connectivity index (χ1) is 12.4. The minimum atomic E-state index is 0.779. The number of ether oxygens (including phenoxy) is 1. The summed E-state index contributed by atoms with van der Waals surface area (Å²) < 4.78 is 7.89. The second-order valence-corrected chi connectivity index (χ2v) is 6.33. The Kier molecular flexibility index (Phi) is 4.74. The highest BCUT2D eigenvalue weighted by Crippen LogP contribution is 2.25. The first kappa shape index (κ1) is 15.8. The van der Waals surface area contributed by atoms with Gasteiger partial charge in [-0.3, -0.25) is 9.67 Å². The van der Waals surface area contributed by atoms with Crippen LogP contribution in [-0.4, -0.2) is 39.3 Å². The van der Waals surface area contributed by atoms with Crippen LogP contribution in [0.4, 0.5) is 0 Å². The van der Waals surface area contributed by atoms with Crippen LogP contribution in [0.15, 0.2) is 61.1 Å². The van der Waals surface area contributed by atoms with Crippen LogP contribution in [0.2, 0.25) is 0 Å². The van der Waals surface area contributed by atoms with Gasteiger partial charge in [0, 0.05) is 30.6 Å². The molecule has 5 heteroatoms. The molecule has 0 bridgehead atoms. The number of para-hydroxylation sites is 1. The molecule has 1 aliphatic rings. The van der Waals surface area contributed by atoms with E-state index in [0.29, 0.717) is 0 Å². The highest BCUT2D eigenvalue weighted by molar-refractivity contribution is 5.58. The van der Waals surface area contributed by atoms with Gasteiger partial charge in [-0.1, -0.05) is 18.2 Å². The number of rotatable bonds is 6. The fraction of sp³-hybridized carbons (Fsp3) is 0.300. The van der Waals surface area contributed by atoms with E-state index < -0.39 is 0 Å². The minimum absolute atomic E-state index is 0.779. The summed E-state index contributed by atoms with van der Waals surface area (Å²) in [6, 6.07) is 13.6. The van der Waals surface area contributed by atoms with E-state index >= 15 is 0 Å². The zero-order valence-electron chi connectivity index (χ0n) is 14.2. The van der Waals surface area contributed by atoms with Gasteiger partial charge >= 0.3 is 0 Å². The van der Waals surface area contributed by atoms with E-state index in [-0.39, 0.29) is 0 Å². The highest BCUT2D eigenvalue weighted by atomic mass is 16.5. The van der Waals surface area contributed by atoms with Gasteiger partial charge in [0.15, 0.2) is 0 Å². The van der Waals surface area contributed by atoms with Crippen molar-refractivity contribution in [2.45, 2.75) is 19.4 Å². The van der Waals surface area contributed by atoms with Gasteiger partial charge in [-0.15, -0.1) is 0 Å². The van der Waals surface area contributed by atoms with Crippen LogP contribution < -0.4 is 4.74 Å². The van der Waals surface area contributed by atoms with Crippen LogP contribution in [-0.2, 0) is 6.54 Å². The van der Waals surface area contributed by atoms with E-state index in [1.165, 1.54) is 25.9 Å². The van der Waals surface area contributed by atoms with Crippen molar-refractivity contribution >= 4 is 0 Å². The smallest absolute Gasteiger partial charge is 0.131 e. The van der Waals surface area contributed by atoms with Crippen molar-refractivity contribution in [2.24, 2.45) is 0 Å². The Morgan fingerprint density at radius 1 is 0.960 bits per heavy atom. The van der Waals surface area contributed by atoms with Crippen molar-refractivity contribution in [2.75, 3.05) is 19.6 Å². The van der Waals surface area contributed by atoms with E-state index in [1.807, 2.05) is 53.3 Å². The summed E-state index contributed by atoms with van der Waals surface area (Å²) in [6.45, 7) is 4.41. The van der Waals surface area contributed by atoms with Crippen LogP contribution in [0, 0.1) is 0 Å². The van der Waals surface area contributed by atoms with Crippen LogP contribution in [0.25, 0.3) is 11.3 Å². The maximum atomic E-state index is 5.89. The Labute approximate surface area is 147 Å². The molecule has 2 aromatic heterocycles. The third kappa shape index (κ3) is 4.06. The molecule has 1 fully saturated rings. The third-order valence-corrected chi connectivity index (χ3v) is 4.48. The van der Waals surface area contributed by atoms with Gasteiger partial charge in [0.2, 0.25) is 0 Å². The second-order valence-electron chi connectivity index (χ2n) is 6.33. The number of nitrogens with zero attached hydrogens (tertiary/aromatic N) is 4. The zero-order valence-corrected chi connectivity index (χ0v) is 14.2. The lowest BCUT2D eigenvalue weighted by Gasteiger charge is -2.13. The summed E-state index contributed by atoms with van der Waals surface area (Å²) in [5.74, 6) is 1.60. The van der Waals surface area contributed by atoms with Crippen molar-refractivity contribution in [3.8, 4) is 22.8 Å². The number of hydrogen-bond donors (Lipinski definition) is 0. The van der Waals surface area contributed by atoms with Gasteiger partial charge in [0.1, 0.15) is 11.5 Å². The normalized spacial score (nSPS) is 14.7. The predicted octanol–water partition coefficient (Wildman–Crippen LogP) is 3.83. The zero-order chi connectivity index (χ0) is 16.9. The number of pyridine rings is 1. The van der Waals surface area contributed by atoms with Crippen LogP contribution in [0.3, 0.4) is 0 Å². The SMILES string of the molecule is c1ccc(Oc2ccnc(-c3cnn(CCN4CCCC4)c3)c2)cc1. The molecule has 0 atom stereocenters. The first-order valence-corrected chi connectivity index (χ1v) is 8.81. The first-order valence-electron chi connectivity index (χ1n) is 8.81. The predicted molar refractivity (Wildman–Crippen MR) is 97.6 cm³/mol. The summed E-state index contributed by atoms with van der Waals surface area (Å²) in [5, 5.41) is 4.48. The molecule has 0 saturated carbocycles. The van der Waals surface area contributed by atoms with E-state index in [2.05, 4.69) is 21.2 Å². The summed E-state index contributed by atoms with van der Waals surface area (Å²) in [5.41, 5.74) is 1.89. The Hall–Kier alpha value is -2.66. The molecule has 128 valence electrons. The topological polar surface area (TPSA) is 43.2 Å². The van der Waals surface area contributed by atoms with E-state index in [4.69, 9.17) is 4.74 Å². The molecule has 0 aliphatic carbocycles. The summed E-state index contributed by atoms with van der Waals surface area (Å²) in [7, 11) is 0. The monoisotopic (exact) mass is 334 g/mol. The van der Waals surface area contributed by atoms with E-state index in [0.717, 1.165) is 35.8 Å². The second kappa shape index (κ2) is 7.49. The number of hydrogen-bond acceptors (Lipinski definition) is 4. The molecule has 25 heavy (non-hydrogen) atoms. The standard InChI is InChI=1S/C20H22N4O/c1-2-6-18(7-3-1)25-19-8-9-21-20(14-19)17-15-22-24(16-17)13-12-23-10-4-5-11-23/h1-3,6-9,14-16H,4-5,10-13H2. The maximum absolute atomic E-state index is 5.89. The molecule has 0 radical (unpaired) electrons. The van der Waals surface area contributed by atoms with Gasteiger partial charge in [0.05, 0.1) is 18.4 Å². The van der Waals surface area contributed by atoms with Crippen molar-refractivity contribution in [3.05, 3.63) is 61.1 Å². The van der Waals surface area contributed by atoms with Crippen molar-refractivity contribution in [1.82, 2.24) is 19.7 Å². The maximum Gasteiger partial charge on any atom is 0.131 e. The third-order valence-electron chi connectivity index (χ3n) is 4.48. The molecule has 0 N–H and O–H groups in total. The largest absolute Gasteiger partial charge is 0.457 e. The molecule has 0 unspecified atom stereocenters. The average Bonchev–Trinajstić information content (AvgIpc) is 3.33. The quantitative estimate of drug-likeness (QED) is 0.687. The van der Waals surface area contributed by atoms with Gasteiger partial charge in [0.25, 0.3) is 0 Å². The summed E-state index contributed by atoms with van der Waals surface area (Å²) in [6.07, 6.45) is 8.35. The molecule has 1 aliphatic heterocycles. The van der Waals surface area contributed by atoms with Crippen LogP contribution >= 0.6 is 0 Å². The minimum Gasteiger partial charge on any atom is -0.457 e. The van der Waals surface area contributed by atoms with Gasteiger partial charge in [-0.05, 0) is 44.1 Å². The van der Waals surface area contributed by atoms with E-state index in [1.54, 1.807) is 6.20 Å². The Bertz CT molecular complexity index is 809. The summed E-state index contributed by atoms with van der Waals surface area (Å²) in [4.78, 5) is 6.95. The lowest BCUT2D eigenvalue weighted by atomic mass is 10.2. The highest BCUT2D eigenvalue weighted by Gasteiger charge is 2.11. The van der Waals surface area contributed by atoms with E-state index in [9.17, 15) is 0 Å². The summed E-state index contributed by atoms with van der Waals surface area (Å²) >= 11 is 0. The Balaban J connectivity index is 1.43. The molecule has 4 rings (SSSR count). The van der Waals surface area contributed by atoms with Gasteiger partial charge < -0.3 is 9.64 Å². The van der Waals surface area contributed by atoms with Crippen molar-refractivity contribution in [3.63, 3.8) is 0 Å². The molecule has 0 spiro atoms. The molecule has 1 aromatic carbocycles. The molecule has 1 saturated heterocycles. The van der Waals surface area contributed by atoms with Crippen LogP contribution in [0.5, 0.6) is 11.5 Å². The molecular formula is C20H22N4O. The fourth-order valence-electron chi connectivity index (χ4n) is 3.13. The van der Waals surface area contributed by atoms with Crippen LogP contribution in [0.1, 0.15) is 12.8 Å². The Morgan fingerprint density at radius 2 is 1.80 bits per heavy atom. The fourth-order valence-corrected chi connectivity index (χ4v) is 3.13. The molecule has 5 nitrogen and oxygen atoms in total. The molecular weight excluding hydrogens is 312 g/mol.